The third kappa shape index (κ3) is 5.16. The van der Waals surface area contributed by atoms with Gasteiger partial charge in [0.05, 0.1) is 5.41 Å². The Labute approximate surface area is 330 Å². The van der Waals surface area contributed by atoms with E-state index >= 15 is 0 Å². The second-order valence-corrected chi connectivity index (χ2v) is 14.8. The molecule has 0 aliphatic heterocycles. The lowest BCUT2D eigenvalue weighted by Crippen LogP contribution is -2.26. The van der Waals surface area contributed by atoms with Gasteiger partial charge in [-0.25, -0.2) is 0 Å². The summed E-state index contributed by atoms with van der Waals surface area (Å²) in [6, 6.07) is 60.9. The van der Waals surface area contributed by atoms with Crippen LogP contribution in [0.3, 0.4) is 0 Å². The van der Waals surface area contributed by atoms with Crippen LogP contribution in [0.1, 0.15) is 46.2 Å². The zero-order valence-electron chi connectivity index (χ0n) is 31.3. The number of allylic oxidation sites excluding steroid dienone is 8. The van der Waals surface area contributed by atoms with Gasteiger partial charge in [-0.05, 0) is 127 Å². The first-order valence-corrected chi connectivity index (χ1v) is 19.6. The van der Waals surface area contributed by atoms with Gasteiger partial charge in [0.15, 0.2) is 0 Å². The van der Waals surface area contributed by atoms with E-state index in [4.69, 9.17) is 0 Å². The topological polar surface area (TPSA) is 3.24 Å². The molecule has 0 fully saturated rings. The molecule has 0 saturated carbocycles. The van der Waals surface area contributed by atoms with E-state index in [-0.39, 0.29) is 0 Å². The molecule has 1 spiro atoms. The first-order chi connectivity index (χ1) is 27.7. The minimum atomic E-state index is -0.432. The fourth-order valence-corrected chi connectivity index (χ4v) is 9.51. The smallest absolute Gasteiger partial charge is 0.0726 e. The van der Waals surface area contributed by atoms with Gasteiger partial charge in [0.1, 0.15) is 0 Å². The minimum absolute atomic E-state index is 0.432. The molecule has 0 radical (unpaired) electrons. The van der Waals surface area contributed by atoms with Gasteiger partial charge in [0, 0.05) is 17.1 Å². The van der Waals surface area contributed by atoms with E-state index in [0.717, 1.165) is 52.2 Å². The molecular weight excluding hydrogens is 675 g/mol. The van der Waals surface area contributed by atoms with Crippen LogP contribution in [0, 0.1) is 0 Å². The Morgan fingerprint density at radius 2 is 1.09 bits per heavy atom. The van der Waals surface area contributed by atoms with E-state index < -0.39 is 5.41 Å². The number of benzene rings is 7. The molecule has 56 heavy (non-hydrogen) atoms. The summed E-state index contributed by atoms with van der Waals surface area (Å²) in [6.45, 7) is 8.18. The molecular formula is C55H41N. The summed E-state index contributed by atoms with van der Waals surface area (Å²) in [5, 5.41) is 0. The highest BCUT2D eigenvalue weighted by Gasteiger charge is 2.51. The van der Waals surface area contributed by atoms with Gasteiger partial charge in [0.25, 0.3) is 0 Å². The summed E-state index contributed by atoms with van der Waals surface area (Å²) in [7, 11) is 0. The predicted molar refractivity (Wildman–Crippen MR) is 238 cm³/mol. The van der Waals surface area contributed by atoms with Crippen LogP contribution in [0.4, 0.5) is 17.1 Å². The van der Waals surface area contributed by atoms with Crippen molar-refractivity contribution in [2.45, 2.75) is 18.3 Å². The van der Waals surface area contributed by atoms with Crippen LogP contribution < -0.4 is 4.90 Å². The van der Waals surface area contributed by atoms with Gasteiger partial charge >= 0.3 is 0 Å². The average Bonchev–Trinajstić information content (AvgIpc) is 3.74. The van der Waals surface area contributed by atoms with Crippen molar-refractivity contribution < 1.29 is 0 Å². The highest BCUT2D eigenvalue weighted by molar-refractivity contribution is 5.97. The Kier molecular flexibility index (Phi) is 8.23. The third-order valence-corrected chi connectivity index (χ3v) is 11.9. The lowest BCUT2D eigenvalue weighted by molar-refractivity contribution is 0.793. The number of hydrogen-bond donors (Lipinski definition) is 0. The van der Waals surface area contributed by atoms with Crippen LogP contribution >= 0.6 is 0 Å². The lowest BCUT2D eigenvalue weighted by Gasteiger charge is -2.32. The minimum Gasteiger partial charge on any atom is -0.310 e. The Balaban J connectivity index is 1.22. The van der Waals surface area contributed by atoms with Gasteiger partial charge < -0.3 is 4.90 Å². The molecule has 1 nitrogen and oxygen atoms in total. The number of rotatable bonds is 8. The van der Waals surface area contributed by atoms with Crippen molar-refractivity contribution in [3.05, 3.63) is 247 Å². The van der Waals surface area contributed by atoms with Crippen LogP contribution in [-0.4, -0.2) is 0 Å². The molecule has 0 unspecified atom stereocenters. The Bertz CT molecular complexity index is 2710. The van der Waals surface area contributed by atoms with E-state index in [1.165, 1.54) is 55.6 Å². The van der Waals surface area contributed by atoms with E-state index in [2.05, 4.69) is 200 Å². The summed E-state index contributed by atoms with van der Waals surface area (Å²) in [5.74, 6) is 0. The maximum atomic E-state index is 4.17. The molecule has 0 atom stereocenters. The normalized spacial score (nSPS) is 14.4. The molecule has 0 N–H and O–H groups in total. The van der Waals surface area contributed by atoms with Crippen molar-refractivity contribution in [2.75, 3.05) is 4.90 Å². The average molecular weight is 716 g/mol. The first-order valence-electron chi connectivity index (χ1n) is 19.6. The molecule has 10 rings (SSSR count). The molecule has 0 heterocycles. The monoisotopic (exact) mass is 715 g/mol. The fraction of sp³-hybridized carbons (Fsp3) is 0.0545. The standard InChI is InChI=1S/C55H41N/c1-3-17-38(4-2)45-34-32-43(36-50(45)41-20-9-6-10-21-41)56(42-30-28-40(29-31-42)39-18-7-5-8-19-39)44-33-35-49-48-24-13-16-27-53(48)55(54(49)37-44)51-25-14-11-22-46(51)47-23-12-15-26-52(47)55/h3-7,9-18,20-37H,1-2,8,19H2/b38-17+. The molecule has 3 aliphatic rings. The summed E-state index contributed by atoms with van der Waals surface area (Å²) < 4.78 is 0. The summed E-state index contributed by atoms with van der Waals surface area (Å²) in [5.41, 5.74) is 20.5. The number of hydrogen-bond acceptors (Lipinski definition) is 1. The number of anilines is 3. The molecule has 1 heteroatoms. The van der Waals surface area contributed by atoms with Crippen molar-refractivity contribution in [3.8, 4) is 33.4 Å². The van der Waals surface area contributed by atoms with Gasteiger partial charge in [-0.1, -0.05) is 177 Å². The van der Waals surface area contributed by atoms with Crippen LogP contribution in [0.2, 0.25) is 0 Å². The van der Waals surface area contributed by atoms with Crippen molar-refractivity contribution in [2.24, 2.45) is 0 Å². The Morgan fingerprint density at radius 1 is 0.518 bits per heavy atom. The maximum absolute atomic E-state index is 4.17. The Morgan fingerprint density at radius 3 is 1.70 bits per heavy atom. The SMILES string of the molecule is C=C/C=C(\C=C)c1ccc(N(c2ccc(C3=CC=CCC3)cc2)c2ccc3c(c2)C2(c4ccccc4-c4ccccc42)c2ccccc2-3)cc1-c1ccccc1. The molecule has 266 valence electrons. The van der Waals surface area contributed by atoms with Crippen molar-refractivity contribution in [1.82, 2.24) is 0 Å². The lowest BCUT2D eigenvalue weighted by atomic mass is 9.70. The van der Waals surface area contributed by atoms with Crippen LogP contribution in [-0.2, 0) is 5.41 Å². The van der Waals surface area contributed by atoms with Crippen molar-refractivity contribution >= 4 is 28.2 Å². The molecule has 7 aromatic carbocycles. The number of nitrogens with zero attached hydrogens (tertiary/aromatic N) is 1. The van der Waals surface area contributed by atoms with Gasteiger partial charge in [-0.15, -0.1) is 0 Å². The number of fused-ring (bicyclic) bond motifs is 10. The molecule has 7 aromatic rings. The zero-order chi connectivity index (χ0) is 37.6. The third-order valence-electron chi connectivity index (χ3n) is 11.9. The van der Waals surface area contributed by atoms with Gasteiger partial charge in [0.2, 0.25) is 0 Å². The second kappa shape index (κ2) is 13.7. The molecule has 0 saturated heterocycles. The summed E-state index contributed by atoms with van der Waals surface area (Å²) in [6.07, 6.45) is 14.6. The predicted octanol–water partition coefficient (Wildman–Crippen LogP) is 14.7. The van der Waals surface area contributed by atoms with E-state index in [1.54, 1.807) is 0 Å². The largest absolute Gasteiger partial charge is 0.310 e. The molecule has 3 aliphatic carbocycles. The van der Waals surface area contributed by atoms with Crippen LogP contribution in [0.5, 0.6) is 0 Å². The van der Waals surface area contributed by atoms with Gasteiger partial charge in [-0.3, -0.25) is 0 Å². The first kappa shape index (κ1) is 33.6. The zero-order valence-corrected chi connectivity index (χ0v) is 31.3. The molecule has 0 amide bonds. The van der Waals surface area contributed by atoms with E-state index in [0.29, 0.717) is 0 Å². The quantitative estimate of drug-likeness (QED) is 0.142. The van der Waals surface area contributed by atoms with Crippen LogP contribution in [0.25, 0.3) is 44.5 Å². The highest BCUT2D eigenvalue weighted by atomic mass is 15.1. The second-order valence-electron chi connectivity index (χ2n) is 14.8. The van der Waals surface area contributed by atoms with E-state index in [9.17, 15) is 0 Å². The van der Waals surface area contributed by atoms with E-state index in [1.807, 2.05) is 18.2 Å². The molecule has 0 aromatic heterocycles. The van der Waals surface area contributed by atoms with Gasteiger partial charge in [-0.2, -0.15) is 0 Å². The molecule has 0 bridgehead atoms. The van der Waals surface area contributed by atoms with Crippen LogP contribution in [0.15, 0.2) is 213 Å². The van der Waals surface area contributed by atoms with Crippen molar-refractivity contribution in [1.29, 1.82) is 0 Å². The summed E-state index contributed by atoms with van der Waals surface area (Å²) in [4.78, 5) is 2.43. The summed E-state index contributed by atoms with van der Waals surface area (Å²) >= 11 is 0. The fourth-order valence-electron chi connectivity index (χ4n) is 9.51. The highest BCUT2D eigenvalue weighted by Crippen LogP contribution is 2.63. The Hall–Kier alpha value is -6.96. The maximum Gasteiger partial charge on any atom is 0.0726 e. The van der Waals surface area contributed by atoms with Crippen molar-refractivity contribution in [3.63, 3.8) is 0 Å².